The standard InChI is InChI=1S/C21H27Cl2N5O/c1-25-18(13-17(22)20(25)23)21(29)28-8-4-5-16(15-28)14-26-9-11-27(12-10-26)19-6-2-3-7-24-19/h2-3,6-7,13,16H,4-5,8-12,14-15H2,1H3. The third kappa shape index (κ3) is 4.55. The van der Waals surface area contributed by atoms with E-state index in [0.29, 0.717) is 21.8 Å². The molecule has 0 saturated carbocycles. The fraction of sp³-hybridized carbons (Fsp3) is 0.524. The summed E-state index contributed by atoms with van der Waals surface area (Å²) in [5.41, 5.74) is 0.560. The van der Waals surface area contributed by atoms with Gasteiger partial charge in [0.15, 0.2) is 0 Å². The van der Waals surface area contributed by atoms with Gasteiger partial charge in [-0.25, -0.2) is 4.98 Å². The highest BCUT2D eigenvalue weighted by Gasteiger charge is 2.29. The van der Waals surface area contributed by atoms with Gasteiger partial charge in [-0.05, 0) is 37.0 Å². The fourth-order valence-corrected chi connectivity index (χ4v) is 4.75. The minimum absolute atomic E-state index is 0.0194. The summed E-state index contributed by atoms with van der Waals surface area (Å²) in [6.07, 6.45) is 4.05. The molecule has 8 heteroatoms. The van der Waals surface area contributed by atoms with Gasteiger partial charge in [0.05, 0.1) is 5.02 Å². The Morgan fingerprint density at radius 3 is 2.62 bits per heavy atom. The van der Waals surface area contributed by atoms with Gasteiger partial charge in [0.2, 0.25) is 0 Å². The lowest BCUT2D eigenvalue weighted by Gasteiger charge is -2.39. The van der Waals surface area contributed by atoms with Crippen molar-refractivity contribution in [3.63, 3.8) is 0 Å². The maximum Gasteiger partial charge on any atom is 0.270 e. The molecule has 1 unspecified atom stereocenters. The first-order chi connectivity index (χ1) is 14.0. The van der Waals surface area contributed by atoms with Crippen LogP contribution in [0.1, 0.15) is 23.3 Å². The Morgan fingerprint density at radius 2 is 1.97 bits per heavy atom. The molecule has 2 fully saturated rings. The number of piperidine rings is 1. The number of pyridine rings is 1. The van der Waals surface area contributed by atoms with Gasteiger partial charge in [0.1, 0.15) is 16.7 Å². The normalized spacial score (nSPS) is 20.9. The van der Waals surface area contributed by atoms with Gasteiger partial charge >= 0.3 is 0 Å². The highest BCUT2D eigenvalue weighted by atomic mass is 35.5. The van der Waals surface area contributed by atoms with Crippen LogP contribution in [0.5, 0.6) is 0 Å². The van der Waals surface area contributed by atoms with Crippen molar-refractivity contribution in [1.29, 1.82) is 0 Å². The molecular weight excluding hydrogens is 409 g/mol. The van der Waals surface area contributed by atoms with E-state index in [1.807, 2.05) is 23.2 Å². The van der Waals surface area contributed by atoms with Crippen LogP contribution in [-0.2, 0) is 7.05 Å². The molecule has 2 aromatic heterocycles. The van der Waals surface area contributed by atoms with E-state index in [4.69, 9.17) is 23.2 Å². The van der Waals surface area contributed by atoms with Crippen LogP contribution in [0.3, 0.4) is 0 Å². The third-order valence-corrected chi connectivity index (χ3v) is 6.85. The second-order valence-electron chi connectivity index (χ2n) is 7.96. The molecule has 0 aliphatic carbocycles. The lowest BCUT2D eigenvalue weighted by molar-refractivity contribution is 0.0628. The summed E-state index contributed by atoms with van der Waals surface area (Å²) in [6, 6.07) is 7.73. The van der Waals surface area contributed by atoms with Crippen LogP contribution < -0.4 is 4.90 Å². The lowest BCUT2D eigenvalue weighted by atomic mass is 9.96. The predicted molar refractivity (Wildman–Crippen MR) is 117 cm³/mol. The second-order valence-corrected chi connectivity index (χ2v) is 8.73. The van der Waals surface area contributed by atoms with Crippen molar-refractivity contribution in [3.05, 3.63) is 46.3 Å². The topological polar surface area (TPSA) is 44.6 Å². The molecule has 6 nitrogen and oxygen atoms in total. The Kier molecular flexibility index (Phi) is 6.32. The summed E-state index contributed by atoms with van der Waals surface area (Å²) in [4.78, 5) is 24.3. The van der Waals surface area contributed by atoms with E-state index in [0.717, 1.165) is 58.1 Å². The average molecular weight is 436 g/mol. The Bertz CT molecular complexity index is 848. The second kappa shape index (κ2) is 8.94. The van der Waals surface area contributed by atoms with Gasteiger partial charge in [-0.2, -0.15) is 0 Å². The zero-order chi connectivity index (χ0) is 20.4. The highest BCUT2D eigenvalue weighted by Crippen LogP contribution is 2.27. The minimum Gasteiger partial charge on any atom is -0.354 e. The number of anilines is 1. The fourth-order valence-electron chi connectivity index (χ4n) is 4.37. The number of aromatic nitrogens is 2. The van der Waals surface area contributed by atoms with Crippen molar-refractivity contribution in [2.75, 3.05) is 50.7 Å². The van der Waals surface area contributed by atoms with Gasteiger partial charge in [-0.3, -0.25) is 9.69 Å². The summed E-state index contributed by atoms with van der Waals surface area (Å²) in [5, 5.41) is 0.839. The Hall–Kier alpha value is -1.76. The number of nitrogens with zero attached hydrogens (tertiary/aromatic N) is 5. The van der Waals surface area contributed by atoms with E-state index in [2.05, 4.69) is 20.9 Å². The number of piperazine rings is 1. The zero-order valence-electron chi connectivity index (χ0n) is 16.7. The lowest BCUT2D eigenvalue weighted by Crippen LogP contribution is -2.50. The summed E-state index contributed by atoms with van der Waals surface area (Å²) in [6.45, 7) is 6.67. The molecule has 0 aromatic carbocycles. The molecule has 2 saturated heterocycles. The molecule has 156 valence electrons. The van der Waals surface area contributed by atoms with Crippen molar-refractivity contribution in [3.8, 4) is 0 Å². The Morgan fingerprint density at radius 1 is 1.17 bits per heavy atom. The first kappa shape index (κ1) is 20.5. The average Bonchev–Trinajstić information content (AvgIpc) is 3.02. The molecular formula is C21H27Cl2N5O. The van der Waals surface area contributed by atoms with Crippen LogP contribution in [0.2, 0.25) is 10.2 Å². The molecule has 2 aliphatic heterocycles. The van der Waals surface area contributed by atoms with Crippen LogP contribution in [0.25, 0.3) is 0 Å². The highest BCUT2D eigenvalue weighted by molar-refractivity contribution is 6.41. The summed E-state index contributed by atoms with van der Waals surface area (Å²) < 4.78 is 1.67. The Labute approximate surface area is 182 Å². The van der Waals surface area contributed by atoms with Gasteiger partial charge in [-0.15, -0.1) is 0 Å². The van der Waals surface area contributed by atoms with Crippen LogP contribution in [-0.4, -0.2) is 71.1 Å². The van der Waals surface area contributed by atoms with Crippen molar-refractivity contribution < 1.29 is 4.79 Å². The van der Waals surface area contributed by atoms with Crippen LogP contribution >= 0.6 is 23.2 Å². The molecule has 0 bridgehead atoms. The molecule has 0 spiro atoms. The molecule has 0 radical (unpaired) electrons. The molecule has 0 N–H and O–H groups in total. The number of carbonyl (C=O) groups is 1. The maximum atomic E-state index is 13.0. The van der Waals surface area contributed by atoms with Crippen LogP contribution in [0.4, 0.5) is 5.82 Å². The van der Waals surface area contributed by atoms with Crippen molar-refractivity contribution in [1.82, 2.24) is 19.4 Å². The molecule has 2 aliphatic rings. The van der Waals surface area contributed by atoms with E-state index < -0.39 is 0 Å². The van der Waals surface area contributed by atoms with Crippen molar-refractivity contribution >= 4 is 34.9 Å². The van der Waals surface area contributed by atoms with E-state index in [9.17, 15) is 4.79 Å². The predicted octanol–water partition coefficient (Wildman–Crippen LogP) is 3.40. The summed E-state index contributed by atoms with van der Waals surface area (Å²) in [7, 11) is 1.78. The van der Waals surface area contributed by atoms with Gasteiger partial charge < -0.3 is 14.4 Å². The maximum absolute atomic E-state index is 13.0. The number of rotatable bonds is 4. The number of halogens is 2. The molecule has 2 aromatic rings. The molecule has 1 atom stereocenters. The van der Waals surface area contributed by atoms with E-state index in [1.54, 1.807) is 17.7 Å². The van der Waals surface area contributed by atoms with Gasteiger partial charge in [0, 0.05) is 59.1 Å². The number of hydrogen-bond donors (Lipinski definition) is 0. The smallest absolute Gasteiger partial charge is 0.270 e. The SMILES string of the molecule is Cn1c(C(=O)N2CCCC(CN3CCN(c4ccccn4)CC3)C2)cc(Cl)c1Cl. The summed E-state index contributed by atoms with van der Waals surface area (Å²) >= 11 is 12.2. The van der Waals surface area contributed by atoms with Crippen LogP contribution in [0.15, 0.2) is 30.5 Å². The largest absolute Gasteiger partial charge is 0.354 e. The van der Waals surface area contributed by atoms with Crippen molar-refractivity contribution in [2.45, 2.75) is 12.8 Å². The molecule has 4 heterocycles. The first-order valence-electron chi connectivity index (χ1n) is 10.2. The molecule has 29 heavy (non-hydrogen) atoms. The van der Waals surface area contributed by atoms with Gasteiger partial charge in [0.25, 0.3) is 5.91 Å². The quantitative estimate of drug-likeness (QED) is 0.737. The van der Waals surface area contributed by atoms with E-state index in [-0.39, 0.29) is 5.91 Å². The van der Waals surface area contributed by atoms with E-state index >= 15 is 0 Å². The zero-order valence-corrected chi connectivity index (χ0v) is 18.2. The summed E-state index contributed by atoms with van der Waals surface area (Å²) in [5.74, 6) is 1.58. The van der Waals surface area contributed by atoms with Gasteiger partial charge in [-0.1, -0.05) is 29.3 Å². The first-order valence-corrected chi connectivity index (χ1v) is 11.0. The van der Waals surface area contributed by atoms with Crippen molar-refractivity contribution in [2.24, 2.45) is 13.0 Å². The minimum atomic E-state index is 0.0194. The van der Waals surface area contributed by atoms with E-state index in [1.165, 1.54) is 6.42 Å². The third-order valence-electron chi connectivity index (χ3n) is 6.00. The van der Waals surface area contributed by atoms with Crippen LogP contribution in [0, 0.1) is 5.92 Å². The Balaban J connectivity index is 1.31. The monoisotopic (exact) mass is 435 g/mol. The number of carbonyl (C=O) groups excluding carboxylic acids is 1. The number of amides is 1. The molecule has 4 rings (SSSR count). The molecule has 1 amide bonds. The number of likely N-dealkylation sites (tertiary alicyclic amines) is 1. The number of hydrogen-bond acceptors (Lipinski definition) is 4.